The normalized spacial score (nSPS) is 18.2. The minimum atomic E-state index is -1.13. The number of aliphatic carboxylic acids is 1. The molecule has 1 amide bonds. The molecule has 1 fully saturated rings. The topological polar surface area (TPSA) is 102 Å². The summed E-state index contributed by atoms with van der Waals surface area (Å²) in [7, 11) is 0. The van der Waals surface area contributed by atoms with Crippen LogP contribution < -0.4 is 10.6 Å². The van der Waals surface area contributed by atoms with Crippen LogP contribution in [-0.4, -0.2) is 29.1 Å². The highest BCUT2D eigenvalue weighted by Gasteiger charge is 2.18. The summed E-state index contributed by atoms with van der Waals surface area (Å²) in [6.45, 7) is 1.35. The minimum Gasteiger partial charge on any atom is -0.480 e. The molecule has 0 bridgehead atoms. The van der Waals surface area contributed by atoms with E-state index in [0.717, 1.165) is 25.7 Å². The largest absolute Gasteiger partial charge is 0.480 e. The molecule has 1 saturated carbocycles. The third-order valence-corrected chi connectivity index (χ3v) is 3.15. The first kappa shape index (κ1) is 15.0. The summed E-state index contributed by atoms with van der Waals surface area (Å²) in [5, 5.41) is 22.9. The van der Waals surface area contributed by atoms with Gasteiger partial charge in [0.25, 0.3) is 5.91 Å². The standard InChI is InChI=1S/C13H19N3O3/c1-9(13(18)19)16-12(17)10(7-14)8-15-11-5-3-2-4-6-11/h8-9,11,15H,2-6H2,1H3,(H,16,17)(H,18,19)/b10-8-. The summed E-state index contributed by atoms with van der Waals surface area (Å²) in [6, 6.07) is 1.06. The fourth-order valence-electron chi connectivity index (χ4n) is 1.96. The Labute approximate surface area is 112 Å². The van der Waals surface area contributed by atoms with Gasteiger partial charge in [-0.2, -0.15) is 5.26 Å². The smallest absolute Gasteiger partial charge is 0.325 e. The van der Waals surface area contributed by atoms with E-state index < -0.39 is 17.9 Å². The van der Waals surface area contributed by atoms with Crippen molar-refractivity contribution in [1.82, 2.24) is 10.6 Å². The number of carbonyl (C=O) groups is 2. The quantitative estimate of drug-likeness (QED) is 0.506. The van der Waals surface area contributed by atoms with E-state index in [9.17, 15) is 9.59 Å². The van der Waals surface area contributed by atoms with Gasteiger partial charge in [-0.05, 0) is 19.8 Å². The van der Waals surface area contributed by atoms with Gasteiger partial charge in [0.1, 0.15) is 17.7 Å². The van der Waals surface area contributed by atoms with E-state index in [0.29, 0.717) is 6.04 Å². The van der Waals surface area contributed by atoms with Gasteiger partial charge in [-0.3, -0.25) is 9.59 Å². The molecule has 104 valence electrons. The SMILES string of the molecule is CC(NC(=O)/C(C#N)=C\NC1CCCCC1)C(=O)O. The molecule has 0 aliphatic heterocycles. The van der Waals surface area contributed by atoms with Crippen LogP contribution in [0.1, 0.15) is 39.0 Å². The van der Waals surface area contributed by atoms with Gasteiger partial charge in [-0.1, -0.05) is 19.3 Å². The number of hydrogen-bond donors (Lipinski definition) is 3. The summed E-state index contributed by atoms with van der Waals surface area (Å²) in [4.78, 5) is 22.3. The summed E-state index contributed by atoms with van der Waals surface area (Å²) >= 11 is 0. The second kappa shape index (κ2) is 7.41. The maximum Gasteiger partial charge on any atom is 0.325 e. The molecule has 1 aliphatic carbocycles. The Bertz CT molecular complexity index is 406. The molecular weight excluding hydrogens is 246 g/mol. The van der Waals surface area contributed by atoms with Crippen LogP contribution in [0.2, 0.25) is 0 Å². The van der Waals surface area contributed by atoms with Crippen molar-refractivity contribution >= 4 is 11.9 Å². The summed E-state index contributed by atoms with van der Waals surface area (Å²) < 4.78 is 0. The van der Waals surface area contributed by atoms with E-state index in [1.165, 1.54) is 19.5 Å². The number of carboxylic acids is 1. The van der Waals surface area contributed by atoms with Gasteiger partial charge in [0.05, 0.1) is 0 Å². The fraction of sp³-hybridized carbons (Fsp3) is 0.615. The van der Waals surface area contributed by atoms with Crippen LogP contribution in [0.4, 0.5) is 0 Å². The van der Waals surface area contributed by atoms with Gasteiger partial charge in [0.15, 0.2) is 0 Å². The second-order valence-electron chi connectivity index (χ2n) is 4.70. The number of carbonyl (C=O) groups excluding carboxylic acids is 1. The Kier molecular flexibility index (Phi) is 5.86. The number of nitrogens with one attached hydrogen (secondary N) is 2. The van der Waals surface area contributed by atoms with Crippen molar-refractivity contribution in [3.8, 4) is 6.07 Å². The molecule has 0 aromatic heterocycles. The third kappa shape index (κ3) is 5.00. The van der Waals surface area contributed by atoms with Gasteiger partial charge in [0, 0.05) is 12.2 Å². The molecule has 0 heterocycles. The van der Waals surface area contributed by atoms with Crippen molar-refractivity contribution in [1.29, 1.82) is 5.26 Å². The average Bonchev–Trinajstić information content (AvgIpc) is 2.40. The Morgan fingerprint density at radius 3 is 2.53 bits per heavy atom. The minimum absolute atomic E-state index is 0.0985. The van der Waals surface area contributed by atoms with Gasteiger partial charge < -0.3 is 15.7 Å². The first-order valence-corrected chi connectivity index (χ1v) is 6.44. The molecule has 1 aliphatic rings. The Morgan fingerprint density at radius 1 is 1.37 bits per heavy atom. The first-order chi connectivity index (χ1) is 9.04. The number of nitriles is 1. The number of hydrogen-bond acceptors (Lipinski definition) is 4. The van der Waals surface area contributed by atoms with Crippen molar-refractivity contribution < 1.29 is 14.7 Å². The second-order valence-corrected chi connectivity index (χ2v) is 4.70. The highest BCUT2D eigenvalue weighted by Crippen LogP contribution is 2.17. The van der Waals surface area contributed by atoms with Crippen molar-refractivity contribution in [2.75, 3.05) is 0 Å². The van der Waals surface area contributed by atoms with Crippen LogP contribution in [0.5, 0.6) is 0 Å². The maximum atomic E-state index is 11.7. The highest BCUT2D eigenvalue weighted by molar-refractivity contribution is 5.99. The number of carboxylic acid groups (broad SMARTS) is 1. The third-order valence-electron chi connectivity index (χ3n) is 3.15. The molecule has 3 N–H and O–H groups in total. The molecule has 6 heteroatoms. The average molecular weight is 265 g/mol. The van der Waals surface area contributed by atoms with Gasteiger partial charge in [-0.15, -0.1) is 0 Å². The van der Waals surface area contributed by atoms with Crippen LogP contribution in [0.3, 0.4) is 0 Å². The number of nitrogens with zero attached hydrogens (tertiary/aromatic N) is 1. The van der Waals surface area contributed by atoms with E-state index in [1.54, 1.807) is 6.07 Å². The van der Waals surface area contributed by atoms with Crippen molar-refractivity contribution in [3.05, 3.63) is 11.8 Å². The maximum absolute atomic E-state index is 11.7. The molecule has 1 atom stereocenters. The van der Waals surface area contributed by atoms with Gasteiger partial charge in [0.2, 0.25) is 0 Å². The van der Waals surface area contributed by atoms with Crippen LogP contribution in [0, 0.1) is 11.3 Å². The zero-order valence-corrected chi connectivity index (χ0v) is 11.0. The lowest BCUT2D eigenvalue weighted by molar-refractivity contribution is -0.140. The summed E-state index contributed by atoms with van der Waals surface area (Å²) in [5.41, 5.74) is -0.0985. The summed E-state index contributed by atoms with van der Waals surface area (Å²) in [5.74, 6) is -1.80. The van der Waals surface area contributed by atoms with Crippen molar-refractivity contribution in [3.63, 3.8) is 0 Å². The Balaban J connectivity index is 2.53. The zero-order chi connectivity index (χ0) is 14.3. The van der Waals surface area contributed by atoms with Crippen LogP contribution in [0.15, 0.2) is 11.8 Å². The van der Waals surface area contributed by atoms with Crippen molar-refractivity contribution in [2.45, 2.75) is 51.1 Å². The number of rotatable bonds is 5. The molecule has 0 aromatic rings. The fourth-order valence-corrected chi connectivity index (χ4v) is 1.96. The first-order valence-electron chi connectivity index (χ1n) is 6.44. The van der Waals surface area contributed by atoms with Crippen LogP contribution >= 0.6 is 0 Å². The molecule has 1 unspecified atom stereocenters. The van der Waals surface area contributed by atoms with Crippen LogP contribution in [0.25, 0.3) is 0 Å². The lowest BCUT2D eigenvalue weighted by atomic mass is 9.96. The van der Waals surface area contributed by atoms with E-state index >= 15 is 0 Å². The lowest BCUT2D eigenvalue weighted by Gasteiger charge is -2.21. The molecule has 0 aromatic carbocycles. The molecule has 0 radical (unpaired) electrons. The molecular formula is C13H19N3O3. The lowest BCUT2D eigenvalue weighted by Crippen LogP contribution is -2.39. The van der Waals surface area contributed by atoms with E-state index in [1.807, 2.05) is 0 Å². The molecule has 19 heavy (non-hydrogen) atoms. The van der Waals surface area contributed by atoms with Gasteiger partial charge >= 0.3 is 5.97 Å². The number of amides is 1. The van der Waals surface area contributed by atoms with Gasteiger partial charge in [-0.25, -0.2) is 0 Å². The predicted molar refractivity (Wildman–Crippen MR) is 68.9 cm³/mol. The van der Waals surface area contributed by atoms with E-state index in [2.05, 4.69) is 10.6 Å². The van der Waals surface area contributed by atoms with E-state index in [4.69, 9.17) is 10.4 Å². The molecule has 1 rings (SSSR count). The monoisotopic (exact) mass is 265 g/mol. The Morgan fingerprint density at radius 2 is 2.00 bits per heavy atom. The van der Waals surface area contributed by atoms with Crippen molar-refractivity contribution in [2.24, 2.45) is 0 Å². The Hall–Kier alpha value is -2.03. The van der Waals surface area contributed by atoms with Crippen LogP contribution in [-0.2, 0) is 9.59 Å². The molecule has 0 spiro atoms. The predicted octanol–water partition coefficient (Wildman–Crippen LogP) is 0.905. The molecule has 0 saturated heterocycles. The highest BCUT2D eigenvalue weighted by atomic mass is 16.4. The molecule has 6 nitrogen and oxygen atoms in total. The van der Waals surface area contributed by atoms with E-state index in [-0.39, 0.29) is 5.57 Å². The summed E-state index contributed by atoms with van der Waals surface area (Å²) in [6.07, 6.45) is 6.97. The zero-order valence-electron chi connectivity index (χ0n) is 11.0.